The molecule has 6 nitrogen and oxygen atoms in total. The number of nitrogens with zero attached hydrogens (tertiary/aromatic N) is 1. The summed E-state index contributed by atoms with van der Waals surface area (Å²) in [5.41, 5.74) is 1.42. The third kappa shape index (κ3) is 5.88. The van der Waals surface area contributed by atoms with Crippen molar-refractivity contribution in [3.8, 4) is 11.5 Å². The molecule has 0 spiro atoms. The highest BCUT2D eigenvalue weighted by Gasteiger charge is 2.16. The van der Waals surface area contributed by atoms with Crippen molar-refractivity contribution in [1.29, 1.82) is 0 Å². The molecular weight excluding hydrogens is 424 g/mol. The van der Waals surface area contributed by atoms with Crippen molar-refractivity contribution in [3.05, 3.63) is 84.2 Å². The van der Waals surface area contributed by atoms with E-state index < -0.39 is 0 Å². The molecule has 1 aromatic heterocycles. The Hall–Kier alpha value is -3.32. The fraction of sp³-hybridized carbons (Fsp3) is 0.240. The highest BCUT2D eigenvalue weighted by atomic mass is 32.2. The summed E-state index contributed by atoms with van der Waals surface area (Å²) in [4.78, 5) is 25.9. The van der Waals surface area contributed by atoms with Crippen LogP contribution in [0.5, 0.6) is 11.5 Å². The van der Waals surface area contributed by atoms with Crippen LogP contribution in [-0.4, -0.2) is 17.8 Å². The lowest BCUT2D eigenvalue weighted by Crippen LogP contribution is -2.32. The van der Waals surface area contributed by atoms with Gasteiger partial charge >= 0.3 is 0 Å². The van der Waals surface area contributed by atoms with Crippen LogP contribution in [-0.2, 0) is 17.9 Å². The zero-order valence-corrected chi connectivity index (χ0v) is 18.5. The molecule has 0 saturated heterocycles. The van der Waals surface area contributed by atoms with Gasteiger partial charge in [-0.1, -0.05) is 36.0 Å². The molecule has 0 atom stereocenters. The molecular formula is C25H25N2O4S+. The molecule has 1 amide bonds. The molecule has 2 aromatic carbocycles. The second kappa shape index (κ2) is 10.8. The van der Waals surface area contributed by atoms with Crippen LogP contribution in [0.1, 0.15) is 35.2 Å². The molecule has 32 heavy (non-hydrogen) atoms. The highest BCUT2D eigenvalue weighted by molar-refractivity contribution is 8.13. The van der Waals surface area contributed by atoms with Crippen LogP contribution in [0, 0.1) is 0 Å². The van der Waals surface area contributed by atoms with Gasteiger partial charge in [-0.3, -0.25) is 9.59 Å². The Morgan fingerprint density at radius 1 is 0.938 bits per heavy atom. The first-order valence-electron chi connectivity index (χ1n) is 10.6. The second-order valence-electron chi connectivity index (χ2n) is 7.41. The van der Waals surface area contributed by atoms with Gasteiger partial charge < -0.3 is 14.8 Å². The van der Waals surface area contributed by atoms with E-state index in [-0.39, 0.29) is 17.8 Å². The zero-order chi connectivity index (χ0) is 22.2. The van der Waals surface area contributed by atoms with Crippen molar-refractivity contribution in [2.45, 2.75) is 37.2 Å². The van der Waals surface area contributed by atoms with Gasteiger partial charge in [-0.25, -0.2) is 4.57 Å². The molecule has 0 aliphatic carbocycles. The largest absolute Gasteiger partial charge is 0.454 e. The number of aromatic nitrogens is 1. The van der Waals surface area contributed by atoms with E-state index in [0.29, 0.717) is 34.9 Å². The number of nitrogens with one attached hydrogen (secondary N) is 1. The average Bonchev–Trinajstić information content (AvgIpc) is 3.29. The van der Waals surface area contributed by atoms with Crippen LogP contribution in [0.25, 0.3) is 0 Å². The van der Waals surface area contributed by atoms with Crippen molar-refractivity contribution < 1.29 is 23.6 Å². The molecule has 0 radical (unpaired) electrons. The molecule has 4 rings (SSSR count). The zero-order valence-electron chi connectivity index (χ0n) is 17.7. The van der Waals surface area contributed by atoms with E-state index in [2.05, 4.69) is 9.88 Å². The number of pyridine rings is 1. The van der Waals surface area contributed by atoms with Gasteiger partial charge in [0.1, 0.15) is 6.54 Å². The molecule has 1 aliphatic rings. The predicted octanol–water partition coefficient (Wildman–Crippen LogP) is 4.12. The van der Waals surface area contributed by atoms with Gasteiger partial charge in [0.05, 0.1) is 5.56 Å². The number of hydrogen-bond donors (Lipinski definition) is 1. The van der Waals surface area contributed by atoms with Gasteiger partial charge in [0.25, 0.3) is 5.91 Å². The van der Waals surface area contributed by atoms with Crippen molar-refractivity contribution in [2.75, 3.05) is 6.79 Å². The number of carbonyl (C=O) groups excluding carboxylic acids is 2. The lowest BCUT2D eigenvalue weighted by molar-refractivity contribution is -0.697. The Labute approximate surface area is 191 Å². The summed E-state index contributed by atoms with van der Waals surface area (Å²) < 4.78 is 12.8. The summed E-state index contributed by atoms with van der Waals surface area (Å²) in [6.45, 7) is 1.46. The summed E-state index contributed by atoms with van der Waals surface area (Å²) in [5.74, 6) is 1.19. The Bertz CT molecular complexity index is 1090. The highest BCUT2D eigenvalue weighted by Crippen LogP contribution is 2.32. The van der Waals surface area contributed by atoms with Crippen molar-refractivity contribution in [2.24, 2.45) is 0 Å². The standard InChI is InChI=1S/C25H24N2O4S/c28-24(10-4-7-15-27-13-5-1-6-14-27)32-23-9-3-2-8-20(23)25(29)26-17-19-11-12-21-22(16-19)31-18-30-21/h1-3,5-6,8-9,11-14,16H,4,7,10,15,17-18H2/p+1. The summed E-state index contributed by atoms with van der Waals surface area (Å²) >= 11 is 1.14. The Balaban J connectivity index is 1.27. The molecule has 1 N–H and O–H groups in total. The maximum absolute atomic E-state index is 12.8. The molecule has 0 bridgehead atoms. The first-order chi connectivity index (χ1) is 15.7. The van der Waals surface area contributed by atoms with E-state index in [9.17, 15) is 9.59 Å². The predicted molar refractivity (Wildman–Crippen MR) is 122 cm³/mol. The van der Waals surface area contributed by atoms with Crippen LogP contribution in [0.3, 0.4) is 0 Å². The normalized spacial score (nSPS) is 11.9. The third-order valence-electron chi connectivity index (χ3n) is 5.07. The van der Waals surface area contributed by atoms with Gasteiger partial charge in [-0.05, 0) is 36.2 Å². The van der Waals surface area contributed by atoms with Crippen molar-refractivity contribution in [1.82, 2.24) is 5.32 Å². The number of amides is 1. The van der Waals surface area contributed by atoms with E-state index in [1.165, 1.54) is 0 Å². The van der Waals surface area contributed by atoms with Crippen LogP contribution >= 0.6 is 11.8 Å². The van der Waals surface area contributed by atoms with Gasteiger partial charge in [-0.15, -0.1) is 0 Å². The van der Waals surface area contributed by atoms with E-state index in [1.54, 1.807) is 12.1 Å². The summed E-state index contributed by atoms with van der Waals surface area (Å²) in [7, 11) is 0. The second-order valence-corrected chi connectivity index (χ2v) is 8.51. The minimum Gasteiger partial charge on any atom is -0.454 e. The number of carbonyl (C=O) groups is 2. The fourth-order valence-corrected chi connectivity index (χ4v) is 4.30. The van der Waals surface area contributed by atoms with Crippen LogP contribution in [0.4, 0.5) is 0 Å². The molecule has 3 aromatic rings. The van der Waals surface area contributed by atoms with Gasteiger partial charge in [-0.2, -0.15) is 0 Å². The van der Waals surface area contributed by atoms with Crippen molar-refractivity contribution in [3.63, 3.8) is 0 Å². The molecule has 1 aliphatic heterocycles. The minimum atomic E-state index is -0.209. The lowest BCUT2D eigenvalue weighted by atomic mass is 10.1. The lowest BCUT2D eigenvalue weighted by Gasteiger charge is -2.10. The first kappa shape index (κ1) is 21.9. The summed E-state index contributed by atoms with van der Waals surface area (Å²) in [6.07, 6.45) is 6.26. The van der Waals surface area contributed by atoms with Crippen LogP contribution in [0.15, 0.2) is 78.0 Å². The van der Waals surface area contributed by atoms with E-state index >= 15 is 0 Å². The number of aryl methyl sites for hydroxylation is 1. The third-order valence-corrected chi connectivity index (χ3v) is 6.08. The van der Waals surface area contributed by atoms with Crippen LogP contribution < -0.4 is 19.4 Å². The molecule has 164 valence electrons. The van der Waals surface area contributed by atoms with Gasteiger partial charge in [0.2, 0.25) is 6.79 Å². The minimum absolute atomic E-state index is 0.0686. The number of benzene rings is 2. The maximum Gasteiger partial charge on any atom is 0.252 e. The fourth-order valence-electron chi connectivity index (χ4n) is 3.39. The van der Waals surface area contributed by atoms with Crippen LogP contribution in [0.2, 0.25) is 0 Å². The molecule has 0 unspecified atom stereocenters. The summed E-state index contributed by atoms with van der Waals surface area (Å²) in [6, 6.07) is 18.8. The molecule has 7 heteroatoms. The number of hydrogen-bond acceptors (Lipinski definition) is 5. The smallest absolute Gasteiger partial charge is 0.252 e. The van der Waals surface area contributed by atoms with Gasteiger partial charge in [0, 0.05) is 36.4 Å². The Morgan fingerprint density at radius 3 is 2.62 bits per heavy atom. The average molecular weight is 450 g/mol. The number of unbranched alkanes of at least 4 members (excludes halogenated alkanes) is 1. The molecule has 2 heterocycles. The first-order valence-corrected chi connectivity index (χ1v) is 11.4. The molecule has 0 fully saturated rings. The van der Waals surface area contributed by atoms with Gasteiger partial charge in [0.15, 0.2) is 29.0 Å². The summed E-state index contributed by atoms with van der Waals surface area (Å²) in [5, 5.41) is 3.00. The maximum atomic E-state index is 12.8. The van der Waals surface area contributed by atoms with E-state index in [0.717, 1.165) is 36.7 Å². The van der Waals surface area contributed by atoms with E-state index in [1.807, 2.05) is 60.9 Å². The SMILES string of the molecule is O=C(CCCC[n+]1ccccc1)Sc1ccccc1C(=O)NCc1ccc2c(c1)OCO2. The molecule has 0 saturated carbocycles. The number of ether oxygens (including phenoxy) is 2. The number of rotatable bonds is 9. The van der Waals surface area contributed by atoms with Crippen molar-refractivity contribution >= 4 is 22.8 Å². The quantitative estimate of drug-likeness (QED) is 0.302. The Morgan fingerprint density at radius 2 is 1.75 bits per heavy atom. The Kier molecular flexibility index (Phi) is 7.40. The monoisotopic (exact) mass is 449 g/mol. The number of thioether (sulfide) groups is 1. The van der Waals surface area contributed by atoms with E-state index in [4.69, 9.17) is 9.47 Å². The number of fused-ring (bicyclic) bond motifs is 1. The topological polar surface area (TPSA) is 68.5 Å².